The number of benzene rings is 6. The van der Waals surface area contributed by atoms with Gasteiger partial charge in [0.15, 0.2) is 17.5 Å². The lowest BCUT2D eigenvalue weighted by atomic mass is 9.91. The summed E-state index contributed by atoms with van der Waals surface area (Å²) >= 11 is 0. The molecule has 0 N–H and O–H groups in total. The molecule has 10 rings (SSSR count). The van der Waals surface area contributed by atoms with Crippen molar-refractivity contribution >= 4 is 27.4 Å². The molecule has 9 aromatic rings. The predicted octanol–water partition coefficient (Wildman–Crippen LogP) is 12.2. The fourth-order valence-electron chi connectivity index (χ4n) is 7.70. The number of hydrogen-bond acceptors (Lipinski definition) is 4. The highest BCUT2D eigenvalue weighted by Gasteiger charge is 2.18. The monoisotopic (exact) mass is 705 g/mol. The van der Waals surface area contributed by atoms with Crippen LogP contribution < -0.4 is 0 Å². The molecule has 5 heteroatoms. The van der Waals surface area contributed by atoms with Crippen molar-refractivity contribution in [2.75, 3.05) is 0 Å². The molecule has 0 radical (unpaired) electrons. The lowest BCUT2D eigenvalue weighted by molar-refractivity contribution is 0.847. The van der Waals surface area contributed by atoms with Crippen molar-refractivity contribution in [1.29, 1.82) is 0 Å². The average molecular weight is 706 g/mol. The van der Waals surface area contributed by atoms with Gasteiger partial charge in [-0.2, -0.15) is 0 Å². The normalized spacial score (nSPS) is 14.0. The van der Waals surface area contributed by atoms with Gasteiger partial charge in [-0.1, -0.05) is 133 Å². The molecule has 0 saturated heterocycles. The van der Waals surface area contributed by atoms with Crippen molar-refractivity contribution in [3.05, 3.63) is 206 Å². The SMILES string of the molecule is C1=CC(c2cccnc2)CC=C1c1nc(-c2ccccc2)nc(-c2cccc(-c3cccc(-c4ccc5c(c4)c4ccccc4n5-c4ccccc4)c3)c2)n1. The molecule has 1 aliphatic rings. The van der Waals surface area contributed by atoms with Crippen LogP contribution in [0.3, 0.4) is 0 Å². The maximum atomic E-state index is 5.07. The van der Waals surface area contributed by atoms with Crippen LogP contribution >= 0.6 is 0 Å². The maximum absolute atomic E-state index is 5.07. The zero-order chi connectivity index (χ0) is 36.6. The minimum atomic E-state index is 0.274. The van der Waals surface area contributed by atoms with Gasteiger partial charge in [-0.3, -0.25) is 4.98 Å². The highest BCUT2D eigenvalue weighted by Crippen LogP contribution is 2.37. The number of hydrogen-bond donors (Lipinski definition) is 0. The summed E-state index contributed by atoms with van der Waals surface area (Å²) in [5.74, 6) is 2.24. The Morgan fingerprint density at radius 1 is 0.473 bits per heavy atom. The third-order valence-corrected chi connectivity index (χ3v) is 10.5. The predicted molar refractivity (Wildman–Crippen MR) is 225 cm³/mol. The highest BCUT2D eigenvalue weighted by atomic mass is 15.0. The quantitative estimate of drug-likeness (QED) is 0.166. The van der Waals surface area contributed by atoms with Gasteiger partial charge in [0.2, 0.25) is 0 Å². The summed E-state index contributed by atoms with van der Waals surface area (Å²) in [5, 5.41) is 2.48. The van der Waals surface area contributed by atoms with E-state index in [-0.39, 0.29) is 5.92 Å². The van der Waals surface area contributed by atoms with Crippen LogP contribution in [0.4, 0.5) is 0 Å². The standard InChI is InChI=1S/C50H35N5/c1-3-12-35(13-4-1)48-52-49(36-25-23-34(24-26-36)42-18-11-29-51-33-42)54-50(53-48)41-17-10-16-39(31-41)37-14-9-15-38(30-37)40-27-28-47-45(32-40)44-21-7-8-22-46(44)55(47)43-19-5-2-6-20-43/h1-23,25-34H,24H2. The molecule has 0 aliphatic heterocycles. The van der Waals surface area contributed by atoms with E-state index in [1.807, 2.05) is 48.8 Å². The number of allylic oxidation sites excluding steroid dienone is 4. The third-order valence-electron chi connectivity index (χ3n) is 10.5. The number of para-hydroxylation sites is 2. The summed E-state index contributed by atoms with van der Waals surface area (Å²) in [4.78, 5) is 19.4. The van der Waals surface area contributed by atoms with Crippen molar-refractivity contribution in [1.82, 2.24) is 24.5 Å². The Morgan fingerprint density at radius 3 is 1.82 bits per heavy atom. The Labute approximate surface area is 319 Å². The second-order valence-corrected chi connectivity index (χ2v) is 13.9. The first kappa shape index (κ1) is 32.4. The lowest BCUT2D eigenvalue weighted by Gasteiger charge is -2.16. The van der Waals surface area contributed by atoms with Crippen LogP contribution in [-0.2, 0) is 0 Å². The van der Waals surface area contributed by atoms with Crippen molar-refractivity contribution in [3.8, 4) is 50.7 Å². The topological polar surface area (TPSA) is 56.5 Å². The van der Waals surface area contributed by atoms with Crippen LogP contribution in [0.5, 0.6) is 0 Å². The molecule has 5 nitrogen and oxygen atoms in total. The van der Waals surface area contributed by atoms with Gasteiger partial charge in [0, 0.05) is 51.5 Å². The molecule has 0 spiro atoms. The van der Waals surface area contributed by atoms with Crippen LogP contribution in [0.2, 0.25) is 0 Å². The van der Waals surface area contributed by atoms with E-state index < -0.39 is 0 Å². The maximum Gasteiger partial charge on any atom is 0.164 e. The molecule has 6 aromatic carbocycles. The van der Waals surface area contributed by atoms with Crippen molar-refractivity contribution in [2.45, 2.75) is 12.3 Å². The molecular weight excluding hydrogens is 671 g/mol. The van der Waals surface area contributed by atoms with E-state index in [0.29, 0.717) is 17.5 Å². The summed E-state index contributed by atoms with van der Waals surface area (Å²) in [6.07, 6.45) is 11.2. The Morgan fingerprint density at radius 2 is 1.09 bits per heavy atom. The Balaban J connectivity index is 1.01. The van der Waals surface area contributed by atoms with Gasteiger partial charge in [-0.05, 0) is 82.8 Å². The number of pyridine rings is 1. The van der Waals surface area contributed by atoms with Gasteiger partial charge in [0.1, 0.15) is 0 Å². The van der Waals surface area contributed by atoms with E-state index in [4.69, 9.17) is 15.0 Å². The van der Waals surface area contributed by atoms with Crippen LogP contribution in [0.25, 0.3) is 78.1 Å². The van der Waals surface area contributed by atoms with Crippen molar-refractivity contribution in [3.63, 3.8) is 0 Å². The molecule has 55 heavy (non-hydrogen) atoms. The summed E-state index contributed by atoms with van der Waals surface area (Å²) in [7, 11) is 0. The first-order chi connectivity index (χ1) is 27.2. The minimum Gasteiger partial charge on any atom is -0.309 e. The second-order valence-electron chi connectivity index (χ2n) is 13.9. The largest absolute Gasteiger partial charge is 0.309 e. The van der Waals surface area contributed by atoms with Crippen molar-refractivity contribution < 1.29 is 0 Å². The van der Waals surface area contributed by atoms with E-state index >= 15 is 0 Å². The Bertz CT molecular complexity index is 2890. The summed E-state index contributed by atoms with van der Waals surface area (Å²) in [6, 6.07) is 57.6. The molecule has 0 bridgehead atoms. The van der Waals surface area contributed by atoms with E-state index in [2.05, 4.69) is 155 Å². The molecule has 260 valence electrons. The minimum absolute atomic E-state index is 0.274. The first-order valence-electron chi connectivity index (χ1n) is 18.7. The van der Waals surface area contributed by atoms with Gasteiger partial charge >= 0.3 is 0 Å². The fourth-order valence-corrected chi connectivity index (χ4v) is 7.70. The van der Waals surface area contributed by atoms with Gasteiger partial charge < -0.3 is 4.57 Å². The lowest BCUT2D eigenvalue weighted by Crippen LogP contribution is -2.05. The third kappa shape index (κ3) is 6.22. The highest BCUT2D eigenvalue weighted by molar-refractivity contribution is 6.10. The zero-order valence-corrected chi connectivity index (χ0v) is 30.0. The van der Waals surface area contributed by atoms with Gasteiger partial charge in [0.05, 0.1) is 11.0 Å². The van der Waals surface area contributed by atoms with Gasteiger partial charge in [0.25, 0.3) is 0 Å². The molecule has 0 fully saturated rings. The van der Waals surface area contributed by atoms with E-state index in [0.717, 1.165) is 45.5 Å². The second kappa shape index (κ2) is 14.0. The number of nitrogens with zero attached hydrogens (tertiary/aromatic N) is 5. The number of aromatic nitrogens is 5. The first-order valence-corrected chi connectivity index (χ1v) is 18.7. The summed E-state index contributed by atoms with van der Waals surface area (Å²) < 4.78 is 2.35. The molecule has 0 saturated carbocycles. The summed E-state index contributed by atoms with van der Waals surface area (Å²) in [6.45, 7) is 0. The fraction of sp³-hybridized carbons (Fsp3) is 0.0400. The van der Waals surface area contributed by atoms with Gasteiger partial charge in [-0.15, -0.1) is 0 Å². The Kier molecular flexibility index (Phi) is 8.23. The molecule has 0 amide bonds. The number of rotatable bonds is 7. The van der Waals surface area contributed by atoms with Crippen LogP contribution in [0.15, 0.2) is 194 Å². The average Bonchev–Trinajstić information content (AvgIpc) is 3.61. The zero-order valence-electron chi connectivity index (χ0n) is 30.0. The van der Waals surface area contributed by atoms with Crippen LogP contribution in [0.1, 0.15) is 23.7 Å². The van der Waals surface area contributed by atoms with E-state index in [1.54, 1.807) is 0 Å². The van der Waals surface area contributed by atoms with E-state index in [1.165, 1.54) is 32.9 Å². The molecule has 3 heterocycles. The molecule has 3 aromatic heterocycles. The van der Waals surface area contributed by atoms with Crippen LogP contribution in [0, 0.1) is 0 Å². The van der Waals surface area contributed by atoms with Gasteiger partial charge in [-0.25, -0.2) is 15.0 Å². The van der Waals surface area contributed by atoms with Crippen LogP contribution in [-0.4, -0.2) is 24.5 Å². The molecule has 1 atom stereocenters. The summed E-state index contributed by atoms with van der Waals surface area (Å²) in [5.41, 5.74) is 12.2. The molecular formula is C50H35N5. The molecule has 1 aliphatic carbocycles. The Hall–Kier alpha value is -7.24. The number of fused-ring (bicyclic) bond motifs is 3. The van der Waals surface area contributed by atoms with E-state index in [9.17, 15) is 0 Å². The van der Waals surface area contributed by atoms with Crippen molar-refractivity contribution in [2.24, 2.45) is 0 Å². The molecule has 1 unspecified atom stereocenters. The smallest absolute Gasteiger partial charge is 0.164 e.